The van der Waals surface area contributed by atoms with Crippen molar-refractivity contribution in [2.45, 2.75) is 4.90 Å². The molecule has 2 aromatic carbocycles. The van der Waals surface area contributed by atoms with Gasteiger partial charge in [0.05, 0.1) is 0 Å². The van der Waals surface area contributed by atoms with Gasteiger partial charge in [0.25, 0.3) is 0 Å². The Labute approximate surface area is 121 Å². The first-order valence-corrected chi connectivity index (χ1v) is 7.26. The summed E-state index contributed by atoms with van der Waals surface area (Å²) in [7, 11) is 0. The van der Waals surface area contributed by atoms with E-state index in [1.54, 1.807) is 24.3 Å². The molecule has 2 rings (SSSR count). The monoisotopic (exact) mass is 279 g/mol. The van der Waals surface area contributed by atoms with E-state index in [0.717, 1.165) is 5.56 Å². The van der Waals surface area contributed by atoms with Crippen LogP contribution in [0.4, 0.5) is 0 Å². The summed E-state index contributed by atoms with van der Waals surface area (Å²) in [4.78, 5) is 0.872. The molecule has 0 saturated heterocycles. The van der Waals surface area contributed by atoms with Gasteiger partial charge in [-0.1, -0.05) is 60.7 Å². The van der Waals surface area contributed by atoms with E-state index in [2.05, 4.69) is 0 Å². The minimum atomic E-state index is -1.43. The zero-order valence-electron chi connectivity index (χ0n) is 10.8. The molecule has 2 aromatic rings. The minimum Gasteiger partial charge on any atom is -0.606 e. The SMILES string of the molecule is N#C/C(=C/C=C/c1ccccc1)[S+]([O-])c1ccccc1. The smallest absolute Gasteiger partial charge is 0.235 e. The molecule has 98 valence electrons. The van der Waals surface area contributed by atoms with Gasteiger partial charge in [0.2, 0.25) is 4.91 Å². The van der Waals surface area contributed by atoms with E-state index in [0.29, 0.717) is 4.90 Å². The van der Waals surface area contributed by atoms with Crippen molar-refractivity contribution in [1.29, 1.82) is 5.26 Å². The lowest BCUT2D eigenvalue weighted by molar-refractivity contribution is 0.602. The van der Waals surface area contributed by atoms with Crippen molar-refractivity contribution in [3.63, 3.8) is 0 Å². The Morgan fingerprint density at radius 1 is 1.00 bits per heavy atom. The predicted octanol–water partition coefficient (Wildman–Crippen LogP) is 3.92. The fraction of sp³-hybridized carbons (Fsp3) is 0. The maximum atomic E-state index is 12.2. The van der Waals surface area contributed by atoms with Crippen LogP contribution in [0.25, 0.3) is 6.08 Å². The first-order valence-electron chi connectivity index (χ1n) is 6.11. The Hall–Kier alpha value is -2.28. The van der Waals surface area contributed by atoms with Crippen LogP contribution >= 0.6 is 0 Å². The molecule has 0 spiro atoms. The zero-order valence-corrected chi connectivity index (χ0v) is 11.6. The third kappa shape index (κ3) is 3.86. The van der Waals surface area contributed by atoms with Crippen LogP contribution in [0.5, 0.6) is 0 Å². The van der Waals surface area contributed by atoms with E-state index in [1.165, 1.54) is 0 Å². The highest BCUT2D eigenvalue weighted by atomic mass is 32.2. The standard InChI is InChI=1S/C17H13NOS/c18-14-17(20(19)16-11-5-2-6-12-16)13-7-10-15-8-3-1-4-9-15/h1-13H/b10-7+,17-13-. The molecule has 1 unspecified atom stereocenters. The second-order valence-corrected chi connectivity index (χ2v) is 5.44. The molecule has 0 amide bonds. The van der Waals surface area contributed by atoms with Crippen LogP contribution < -0.4 is 0 Å². The summed E-state index contributed by atoms with van der Waals surface area (Å²) in [6.45, 7) is 0. The second kappa shape index (κ2) is 7.34. The van der Waals surface area contributed by atoms with Gasteiger partial charge in [0.15, 0.2) is 11.0 Å². The first kappa shape index (κ1) is 14.1. The van der Waals surface area contributed by atoms with Crippen molar-refractivity contribution in [3.05, 3.63) is 83.3 Å². The third-order valence-electron chi connectivity index (χ3n) is 2.60. The van der Waals surface area contributed by atoms with Gasteiger partial charge < -0.3 is 4.55 Å². The van der Waals surface area contributed by atoms with E-state index in [-0.39, 0.29) is 4.91 Å². The number of rotatable bonds is 4. The molecule has 3 heteroatoms. The molecule has 1 atom stereocenters. The van der Waals surface area contributed by atoms with Crippen molar-refractivity contribution in [3.8, 4) is 6.07 Å². The van der Waals surface area contributed by atoms with Gasteiger partial charge in [-0.2, -0.15) is 5.26 Å². The first-order chi connectivity index (χ1) is 9.81. The summed E-state index contributed by atoms with van der Waals surface area (Å²) >= 11 is -1.43. The fourth-order valence-corrected chi connectivity index (χ4v) is 2.57. The van der Waals surface area contributed by atoms with E-state index in [4.69, 9.17) is 5.26 Å². The number of nitriles is 1. The van der Waals surface area contributed by atoms with E-state index in [1.807, 2.05) is 60.7 Å². The maximum absolute atomic E-state index is 12.2. The lowest BCUT2D eigenvalue weighted by atomic mass is 10.2. The number of allylic oxidation sites excluding steroid dienone is 3. The van der Waals surface area contributed by atoms with Gasteiger partial charge in [-0.05, 0) is 17.7 Å². The Bertz CT molecular complexity index is 642. The molecule has 0 heterocycles. The summed E-state index contributed by atoms with van der Waals surface area (Å²) in [5.41, 5.74) is 1.03. The summed E-state index contributed by atoms with van der Waals surface area (Å²) < 4.78 is 12.2. The molecule has 0 N–H and O–H groups in total. The predicted molar refractivity (Wildman–Crippen MR) is 82.0 cm³/mol. The van der Waals surface area contributed by atoms with Crippen molar-refractivity contribution in [2.75, 3.05) is 0 Å². The van der Waals surface area contributed by atoms with Crippen LogP contribution in [0.2, 0.25) is 0 Å². The average molecular weight is 279 g/mol. The van der Waals surface area contributed by atoms with E-state index >= 15 is 0 Å². The van der Waals surface area contributed by atoms with E-state index < -0.39 is 11.2 Å². The van der Waals surface area contributed by atoms with Gasteiger partial charge in [-0.3, -0.25) is 0 Å². The molecule has 0 fully saturated rings. The number of benzene rings is 2. The van der Waals surface area contributed by atoms with Gasteiger partial charge in [0, 0.05) is 17.3 Å². The highest BCUT2D eigenvalue weighted by Crippen LogP contribution is 2.18. The van der Waals surface area contributed by atoms with Crippen molar-refractivity contribution in [1.82, 2.24) is 0 Å². The molecule has 0 aliphatic carbocycles. The number of hydrogen-bond acceptors (Lipinski definition) is 2. The van der Waals surface area contributed by atoms with Crippen molar-refractivity contribution < 1.29 is 4.55 Å². The number of hydrogen-bond donors (Lipinski definition) is 0. The van der Waals surface area contributed by atoms with Gasteiger partial charge in [0.1, 0.15) is 0 Å². The normalized spacial score (nSPS) is 13.1. The molecule has 0 aliphatic heterocycles. The van der Waals surface area contributed by atoms with Crippen molar-refractivity contribution in [2.24, 2.45) is 0 Å². The third-order valence-corrected chi connectivity index (χ3v) is 3.93. The molecule has 0 bridgehead atoms. The van der Waals surface area contributed by atoms with Gasteiger partial charge in [-0.25, -0.2) is 0 Å². The average Bonchev–Trinajstić information content (AvgIpc) is 2.53. The molecule has 0 aromatic heterocycles. The molecular weight excluding hydrogens is 266 g/mol. The minimum absolute atomic E-state index is 0.239. The topological polar surface area (TPSA) is 46.8 Å². The quantitative estimate of drug-likeness (QED) is 0.484. The zero-order chi connectivity index (χ0) is 14.2. The molecule has 0 radical (unpaired) electrons. The summed E-state index contributed by atoms with van der Waals surface area (Å²) in [6, 6.07) is 20.7. The number of nitrogens with zero attached hydrogens (tertiary/aromatic N) is 1. The van der Waals surface area contributed by atoms with Crippen LogP contribution in [0, 0.1) is 11.3 Å². The maximum Gasteiger partial charge on any atom is 0.235 e. The Kier molecular flexibility index (Phi) is 5.19. The molecule has 2 nitrogen and oxygen atoms in total. The Morgan fingerprint density at radius 2 is 1.60 bits per heavy atom. The van der Waals surface area contributed by atoms with Gasteiger partial charge >= 0.3 is 0 Å². The van der Waals surface area contributed by atoms with Crippen LogP contribution in [0.1, 0.15) is 5.56 Å². The van der Waals surface area contributed by atoms with Crippen LogP contribution in [-0.2, 0) is 11.2 Å². The van der Waals surface area contributed by atoms with Gasteiger partial charge in [-0.15, -0.1) is 0 Å². The fourth-order valence-electron chi connectivity index (χ4n) is 1.62. The largest absolute Gasteiger partial charge is 0.606 e. The van der Waals surface area contributed by atoms with Crippen LogP contribution in [-0.4, -0.2) is 4.55 Å². The molecule has 20 heavy (non-hydrogen) atoms. The van der Waals surface area contributed by atoms with Crippen LogP contribution in [0.15, 0.2) is 82.6 Å². The lowest BCUT2D eigenvalue weighted by Crippen LogP contribution is -2.02. The highest BCUT2D eigenvalue weighted by molar-refractivity contribution is 7.95. The molecular formula is C17H13NOS. The highest BCUT2D eigenvalue weighted by Gasteiger charge is 2.16. The Morgan fingerprint density at radius 3 is 2.20 bits per heavy atom. The second-order valence-electron chi connectivity index (χ2n) is 3.99. The Balaban J connectivity index is 2.15. The van der Waals surface area contributed by atoms with Crippen molar-refractivity contribution >= 4 is 17.3 Å². The summed E-state index contributed by atoms with van der Waals surface area (Å²) in [5, 5.41) is 9.11. The molecule has 0 aliphatic rings. The molecule has 0 saturated carbocycles. The lowest BCUT2D eigenvalue weighted by Gasteiger charge is -2.06. The van der Waals surface area contributed by atoms with Crippen LogP contribution in [0.3, 0.4) is 0 Å². The summed E-state index contributed by atoms with van der Waals surface area (Å²) in [5.74, 6) is 0. The van der Waals surface area contributed by atoms with E-state index in [9.17, 15) is 4.55 Å². The summed E-state index contributed by atoms with van der Waals surface area (Å²) in [6.07, 6.45) is 5.21.